The summed E-state index contributed by atoms with van der Waals surface area (Å²) in [7, 11) is 3.63. The fraction of sp³-hybridized carbons (Fsp3) is 0.516. The molecule has 1 aliphatic heterocycles. The molecular formula is C31H42N4O4. The molecule has 1 unspecified atom stereocenters. The lowest BCUT2D eigenvalue weighted by atomic mass is 9.97. The second kappa shape index (κ2) is 12.7. The molecule has 2 heterocycles. The summed E-state index contributed by atoms with van der Waals surface area (Å²) in [5.41, 5.74) is 4.65. The predicted octanol–water partition coefficient (Wildman–Crippen LogP) is 6.09. The average molecular weight is 535 g/mol. The molecule has 3 aromatic rings. The lowest BCUT2D eigenvalue weighted by Crippen LogP contribution is -2.39. The Morgan fingerprint density at radius 2 is 1.97 bits per heavy atom. The molecule has 8 nitrogen and oxygen atoms in total. The molecule has 0 amide bonds. The SMILES string of the molecule is CCC1CCCCN1c1ccc(-c2nc(-c3cccc(CN(C)CC(=O)OC(C)(C)C)c3)no2)cc1COC. The summed E-state index contributed by atoms with van der Waals surface area (Å²) in [4.78, 5) is 21.4. The minimum atomic E-state index is -0.496. The van der Waals surface area contributed by atoms with Crippen LogP contribution in [0.25, 0.3) is 22.8 Å². The zero-order valence-corrected chi connectivity index (χ0v) is 24.2. The van der Waals surface area contributed by atoms with Crippen molar-refractivity contribution in [3.05, 3.63) is 53.6 Å². The van der Waals surface area contributed by atoms with E-state index in [0.717, 1.165) is 35.2 Å². The van der Waals surface area contributed by atoms with E-state index < -0.39 is 5.60 Å². The van der Waals surface area contributed by atoms with Crippen LogP contribution in [0.5, 0.6) is 0 Å². The lowest BCUT2D eigenvalue weighted by Gasteiger charge is -2.38. The molecule has 0 saturated carbocycles. The van der Waals surface area contributed by atoms with Crippen molar-refractivity contribution >= 4 is 11.7 Å². The van der Waals surface area contributed by atoms with E-state index in [1.807, 2.05) is 57.0 Å². The number of methoxy groups -OCH3 is 1. The van der Waals surface area contributed by atoms with E-state index in [1.54, 1.807) is 7.11 Å². The molecule has 1 saturated heterocycles. The van der Waals surface area contributed by atoms with Crippen LogP contribution >= 0.6 is 0 Å². The van der Waals surface area contributed by atoms with Crippen LogP contribution in [-0.4, -0.2) is 59.9 Å². The summed E-state index contributed by atoms with van der Waals surface area (Å²) in [6.07, 6.45) is 4.87. The molecule has 210 valence electrons. The third kappa shape index (κ3) is 7.67. The number of carbonyl (C=O) groups excluding carboxylic acids is 1. The van der Waals surface area contributed by atoms with E-state index in [4.69, 9.17) is 19.0 Å². The minimum Gasteiger partial charge on any atom is -0.459 e. The number of rotatable bonds is 10. The molecule has 1 fully saturated rings. The molecule has 0 N–H and O–H groups in total. The van der Waals surface area contributed by atoms with Gasteiger partial charge in [0.1, 0.15) is 5.60 Å². The monoisotopic (exact) mass is 534 g/mol. The number of piperidine rings is 1. The van der Waals surface area contributed by atoms with Crippen molar-refractivity contribution in [1.29, 1.82) is 0 Å². The summed E-state index contributed by atoms with van der Waals surface area (Å²) in [6, 6.07) is 14.9. The summed E-state index contributed by atoms with van der Waals surface area (Å²) in [5.74, 6) is 0.765. The second-order valence-corrected chi connectivity index (χ2v) is 11.4. The standard InChI is InChI=1S/C31H42N4O4/c1-7-26-13-8-9-16-35(26)27-15-14-24(18-25(27)21-37-6)30-32-29(33-39-30)23-12-10-11-22(17-23)19-34(5)20-28(36)38-31(2,3)4/h10-12,14-15,17-18,26H,7-9,13,16,19-21H2,1-6H3. The highest BCUT2D eigenvalue weighted by molar-refractivity contribution is 5.72. The van der Waals surface area contributed by atoms with E-state index in [9.17, 15) is 4.79 Å². The first-order valence-corrected chi connectivity index (χ1v) is 13.9. The van der Waals surface area contributed by atoms with Gasteiger partial charge in [-0.1, -0.05) is 30.3 Å². The Balaban J connectivity index is 1.50. The first-order valence-electron chi connectivity index (χ1n) is 13.9. The van der Waals surface area contributed by atoms with Gasteiger partial charge in [-0.25, -0.2) is 0 Å². The average Bonchev–Trinajstić information content (AvgIpc) is 3.38. The fourth-order valence-electron chi connectivity index (χ4n) is 5.24. The quantitative estimate of drug-likeness (QED) is 0.289. The number of anilines is 1. The van der Waals surface area contributed by atoms with Gasteiger partial charge in [-0.2, -0.15) is 4.98 Å². The van der Waals surface area contributed by atoms with E-state index in [0.29, 0.717) is 30.9 Å². The number of carbonyl (C=O) groups is 1. The summed E-state index contributed by atoms with van der Waals surface area (Å²) in [6.45, 7) is 10.3. The number of benzene rings is 2. The fourth-order valence-corrected chi connectivity index (χ4v) is 5.24. The van der Waals surface area contributed by atoms with Gasteiger partial charge in [-0.15, -0.1) is 0 Å². The Labute approximate surface area is 232 Å². The van der Waals surface area contributed by atoms with Crippen molar-refractivity contribution in [3.63, 3.8) is 0 Å². The molecule has 1 aromatic heterocycles. The van der Waals surface area contributed by atoms with Gasteiger partial charge in [-0.05, 0) is 83.3 Å². The van der Waals surface area contributed by atoms with Gasteiger partial charge in [0.05, 0.1) is 13.2 Å². The van der Waals surface area contributed by atoms with Crippen LogP contribution < -0.4 is 4.90 Å². The molecule has 1 atom stereocenters. The van der Waals surface area contributed by atoms with Gasteiger partial charge in [0, 0.05) is 48.6 Å². The Kier molecular flexibility index (Phi) is 9.40. The van der Waals surface area contributed by atoms with Gasteiger partial charge < -0.3 is 18.9 Å². The van der Waals surface area contributed by atoms with Crippen molar-refractivity contribution in [3.8, 4) is 22.8 Å². The maximum absolute atomic E-state index is 12.2. The third-order valence-corrected chi connectivity index (χ3v) is 6.92. The number of likely N-dealkylation sites (N-methyl/N-ethyl adjacent to an activating group) is 1. The van der Waals surface area contributed by atoms with Crippen molar-refractivity contribution in [2.24, 2.45) is 0 Å². The van der Waals surface area contributed by atoms with Crippen LogP contribution in [-0.2, 0) is 27.4 Å². The smallest absolute Gasteiger partial charge is 0.320 e. The van der Waals surface area contributed by atoms with Gasteiger partial charge in [0.2, 0.25) is 5.82 Å². The van der Waals surface area contributed by atoms with Gasteiger partial charge in [0.15, 0.2) is 0 Å². The summed E-state index contributed by atoms with van der Waals surface area (Å²) in [5, 5.41) is 4.27. The largest absolute Gasteiger partial charge is 0.459 e. The maximum atomic E-state index is 12.2. The van der Waals surface area contributed by atoms with Gasteiger partial charge in [0.25, 0.3) is 5.89 Å². The lowest BCUT2D eigenvalue weighted by molar-refractivity contribution is -0.155. The van der Waals surface area contributed by atoms with E-state index >= 15 is 0 Å². The topological polar surface area (TPSA) is 80.9 Å². The van der Waals surface area contributed by atoms with Crippen LogP contribution in [0.4, 0.5) is 5.69 Å². The summed E-state index contributed by atoms with van der Waals surface area (Å²) >= 11 is 0. The number of aromatic nitrogens is 2. The minimum absolute atomic E-state index is 0.212. The number of hydrogen-bond donors (Lipinski definition) is 0. The molecular weight excluding hydrogens is 492 g/mol. The highest BCUT2D eigenvalue weighted by atomic mass is 16.6. The zero-order chi connectivity index (χ0) is 28.0. The van der Waals surface area contributed by atoms with Crippen molar-refractivity contribution in [2.45, 2.75) is 78.2 Å². The van der Waals surface area contributed by atoms with Gasteiger partial charge in [-0.3, -0.25) is 9.69 Å². The number of nitrogens with zero attached hydrogens (tertiary/aromatic N) is 4. The molecule has 0 bridgehead atoms. The Morgan fingerprint density at radius 3 is 2.72 bits per heavy atom. The number of ether oxygens (including phenoxy) is 2. The van der Waals surface area contributed by atoms with E-state index in [-0.39, 0.29) is 12.5 Å². The Morgan fingerprint density at radius 1 is 1.15 bits per heavy atom. The molecule has 1 aliphatic rings. The normalized spacial score (nSPS) is 16.1. The summed E-state index contributed by atoms with van der Waals surface area (Å²) < 4.78 is 16.7. The molecule has 4 rings (SSSR count). The molecule has 0 radical (unpaired) electrons. The van der Waals surface area contributed by atoms with Crippen LogP contribution in [0.15, 0.2) is 47.0 Å². The number of hydrogen-bond acceptors (Lipinski definition) is 8. The Bertz CT molecular complexity index is 1250. The molecule has 39 heavy (non-hydrogen) atoms. The van der Waals surface area contributed by atoms with E-state index in [2.05, 4.69) is 35.2 Å². The van der Waals surface area contributed by atoms with Gasteiger partial charge >= 0.3 is 5.97 Å². The van der Waals surface area contributed by atoms with Crippen LogP contribution in [0.3, 0.4) is 0 Å². The van der Waals surface area contributed by atoms with Crippen LogP contribution in [0.2, 0.25) is 0 Å². The highest BCUT2D eigenvalue weighted by Gasteiger charge is 2.24. The van der Waals surface area contributed by atoms with Crippen molar-refractivity contribution in [2.75, 3.05) is 32.1 Å². The molecule has 2 aromatic carbocycles. The first-order chi connectivity index (χ1) is 18.7. The highest BCUT2D eigenvalue weighted by Crippen LogP contribution is 2.33. The number of esters is 1. The Hall–Kier alpha value is -3.23. The zero-order valence-electron chi connectivity index (χ0n) is 24.2. The molecule has 8 heteroatoms. The van der Waals surface area contributed by atoms with E-state index in [1.165, 1.54) is 24.9 Å². The second-order valence-electron chi connectivity index (χ2n) is 11.4. The third-order valence-electron chi connectivity index (χ3n) is 6.92. The predicted molar refractivity (Wildman–Crippen MR) is 153 cm³/mol. The van der Waals surface area contributed by atoms with Crippen molar-refractivity contribution in [1.82, 2.24) is 15.0 Å². The van der Waals surface area contributed by atoms with Crippen LogP contribution in [0.1, 0.15) is 64.5 Å². The van der Waals surface area contributed by atoms with Crippen molar-refractivity contribution < 1.29 is 18.8 Å². The first kappa shape index (κ1) is 28.8. The molecule has 0 spiro atoms. The maximum Gasteiger partial charge on any atom is 0.320 e. The van der Waals surface area contributed by atoms with Crippen LogP contribution in [0, 0.1) is 0 Å². The molecule has 0 aliphatic carbocycles.